The van der Waals surface area contributed by atoms with E-state index in [0.717, 1.165) is 21.8 Å². The van der Waals surface area contributed by atoms with Crippen molar-refractivity contribution in [3.8, 4) is 0 Å². The van der Waals surface area contributed by atoms with Crippen molar-refractivity contribution < 1.29 is 28.7 Å². The number of anilines is 2. The summed E-state index contributed by atoms with van der Waals surface area (Å²) in [5, 5.41) is 13.1. The number of hydrogen-bond acceptors (Lipinski definition) is 7. The van der Waals surface area contributed by atoms with Gasteiger partial charge in [-0.15, -0.1) is 11.8 Å². The zero-order valence-corrected chi connectivity index (χ0v) is 26.7. The Morgan fingerprint density at radius 3 is 2.23 bits per heavy atom. The average Bonchev–Trinajstić information content (AvgIpc) is 3.77. The Morgan fingerprint density at radius 2 is 1.57 bits per heavy atom. The zero-order valence-electron chi connectivity index (χ0n) is 24.3. The highest BCUT2D eigenvalue weighted by Crippen LogP contribution is 2.69. The molecule has 47 heavy (non-hydrogen) atoms. The maximum atomic E-state index is 13.9. The third-order valence-corrected chi connectivity index (χ3v) is 13.0. The number of benzene rings is 3. The van der Waals surface area contributed by atoms with Gasteiger partial charge in [-0.3, -0.25) is 28.6 Å². The van der Waals surface area contributed by atoms with Crippen molar-refractivity contribution in [2.24, 2.45) is 29.6 Å². The first-order valence-electron chi connectivity index (χ1n) is 15.0. The second-order valence-electron chi connectivity index (χ2n) is 12.3. The normalized spacial score (nSPS) is 27.0. The lowest BCUT2D eigenvalue weighted by Gasteiger charge is -2.43. The Kier molecular flexibility index (Phi) is 7.16. The maximum absolute atomic E-state index is 13.9. The van der Waals surface area contributed by atoms with E-state index in [1.807, 2.05) is 12.1 Å². The van der Waals surface area contributed by atoms with Gasteiger partial charge in [-0.2, -0.15) is 0 Å². The smallest absolute Gasteiger partial charge is 0.335 e. The van der Waals surface area contributed by atoms with Crippen LogP contribution >= 0.6 is 34.7 Å². The van der Waals surface area contributed by atoms with Crippen molar-refractivity contribution in [1.29, 1.82) is 0 Å². The summed E-state index contributed by atoms with van der Waals surface area (Å²) in [7, 11) is 0. The lowest BCUT2D eigenvalue weighted by molar-refractivity contribution is -0.123. The molecule has 4 aromatic rings. The van der Waals surface area contributed by atoms with Crippen LogP contribution in [-0.4, -0.2) is 38.6 Å². The first-order valence-corrected chi connectivity index (χ1v) is 17.1. The van der Waals surface area contributed by atoms with Crippen LogP contribution in [0.15, 0.2) is 82.6 Å². The Balaban J connectivity index is 1.15. The molecule has 4 aliphatic rings. The van der Waals surface area contributed by atoms with E-state index in [0.29, 0.717) is 27.8 Å². The summed E-state index contributed by atoms with van der Waals surface area (Å²) in [5.74, 6) is -4.08. The number of thioether (sulfide) groups is 1. The number of rotatable bonds is 6. The van der Waals surface area contributed by atoms with Gasteiger partial charge in [0.15, 0.2) is 0 Å². The number of aromatic carboxylic acids is 1. The minimum absolute atomic E-state index is 0.0436. The number of carbonyl (C=O) groups is 4. The van der Waals surface area contributed by atoms with Gasteiger partial charge in [0.1, 0.15) is 12.4 Å². The molecule has 7 atom stereocenters. The first-order chi connectivity index (χ1) is 22.6. The van der Waals surface area contributed by atoms with Crippen molar-refractivity contribution in [2.45, 2.75) is 29.2 Å². The van der Waals surface area contributed by atoms with E-state index in [-0.39, 0.29) is 57.7 Å². The number of amides is 3. The highest BCUT2D eigenvalue weighted by Gasteiger charge is 2.69. The van der Waals surface area contributed by atoms with Gasteiger partial charge in [0.25, 0.3) is 0 Å². The van der Waals surface area contributed by atoms with Gasteiger partial charge in [-0.1, -0.05) is 35.1 Å². The SMILES string of the molecule is O=C(Cn1c2c(sc1=O)C(c1ccc(Cl)cc1)C1C3CC(C1S2)C1C(=O)N(c2ccc(F)cc2)C(=O)C31)Nc1ccc(C(=O)O)cc1. The van der Waals surface area contributed by atoms with Crippen LogP contribution in [0.2, 0.25) is 5.02 Å². The molecule has 1 aromatic heterocycles. The number of hydrogen-bond donors (Lipinski definition) is 2. The van der Waals surface area contributed by atoms with E-state index in [1.54, 1.807) is 12.1 Å². The van der Waals surface area contributed by atoms with E-state index >= 15 is 0 Å². The standard InChI is InChI=1S/C34H25ClFN3O6S2/c35-17-5-1-15(2-6-17)24-25-21-13-22(27-26(21)30(41)39(31(27)42)20-11-7-18(36)8-12-20)28(25)46-32-29(24)47-34(45)38(32)14-23(40)37-19-9-3-16(4-10-19)33(43)44/h1-12,21-22,24-28H,13-14H2,(H,37,40)(H,43,44). The fraction of sp³-hybridized carbons (Fsp3) is 0.265. The van der Waals surface area contributed by atoms with Crippen molar-refractivity contribution in [1.82, 2.24) is 4.57 Å². The molecule has 1 saturated heterocycles. The summed E-state index contributed by atoms with van der Waals surface area (Å²) in [6.07, 6.45) is 0.697. The third kappa shape index (κ3) is 4.76. The summed E-state index contributed by atoms with van der Waals surface area (Å²) in [6.45, 7) is -0.251. The van der Waals surface area contributed by atoms with Gasteiger partial charge < -0.3 is 10.4 Å². The fourth-order valence-electron chi connectivity index (χ4n) is 8.18. The maximum Gasteiger partial charge on any atom is 0.335 e. The second-order valence-corrected chi connectivity index (χ2v) is 14.9. The number of nitrogens with one attached hydrogen (secondary N) is 1. The second kappa shape index (κ2) is 11.2. The number of fused-ring (bicyclic) bond motifs is 9. The van der Waals surface area contributed by atoms with Crippen molar-refractivity contribution in [3.05, 3.63) is 109 Å². The molecule has 2 aliphatic heterocycles. The molecule has 2 N–H and O–H groups in total. The molecule has 2 saturated carbocycles. The summed E-state index contributed by atoms with van der Waals surface area (Å²) in [4.78, 5) is 67.5. The number of imide groups is 1. The molecule has 2 bridgehead atoms. The van der Waals surface area contributed by atoms with Gasteiger partial charge in [-0.05, 0) is 90.4 Å². The molecule has 3 fully saturated rings. The lowest BCUT2D eigenvalue weighted by atomic mass is 9.68. The highest BCUT2D eigenvalue weighted by atomic mass is 35.5. The lowest BCUT2D eigenvalue weighted by Crippen LogP contribution is -2.43. The third-order valence-electron chi connectivity index (χ3n) is 9.98. The number of carboxylic acid groups (broad SMARTS) is 1. The molecule has 7 unspecified atom stereocenters. The van der Waals surface area contributed by atoms with Gasteiger partial charge in [0.05, 0.1) is 28.1 Å². The van der Waals surface area contributed by atoms with Crippen LogP contribution in [-0.2, 0) is 20.9 Å². The van der Waals surface area contributed by atoms with Crippen molar-refractivity contribution in [3.63, 3.8) is 0 Å². The number of nitrogens with zero attached hydrogens (tertiary/aromatic N) is 2. The monoisotopic (exact) mass is 689 g/mol. The van der Waals surface area contributed by atoms with E-state index in [4.69, 9.17) is 16.7 Å². The minimum atomic E-state index is -1.08. The van der Waals surface area contributed by atoms with Crippen LogP contribution in [0.4, 0.5) is 15.8 Å². The number of aromatic nitrogens is 1. The molecular weight excluding hydrogens is 665 g/mol. The largest absolute Gasteiger partial charge is 0.478 e. The van der Waals surface area contributed by atoms with Gasteiger partial charge in [0, 0.05) is 26.8 Å². The molecule has 0 radical (unpaired) electrons. The van der Waals surface area contributed by atoms with E-state index in [2.05, 4.69) is 5.32 Å². The van der Waals surface area contributed by atoms with Crippen LogP contribution in [0, 0.1) is 35.4 Å². The summed E-state index contributed by atoms with van der Waals surface area (Å²) in [5.41, 5.74) is 1.79. The molecule has 3 amide bonds. The van der Waals surface area contributed by atoms with Crippen molar-refractivity contribution >= 4 is 69.8 Å². The Labute approximate surface area is 280 Å². The summed E-state index contributed by atoms with van der Waals surface area (Å²) in [6, 6.07) is 18.6. The van der Waals surface area contributed by atoms with E-state index in [9.17, 15) is 28.4 Å². The van der Waals surface area contributed by atoms with Crippen LogP contribution in [0.5, 0.6) is 0 Å². The molecule has 9 nitrogen and oxygen atoms in total. The number of halogens is 2. The Bertz CT molecular complexity index is 2030. The van der Waals surface area contributed by atoms with Gasteiger partial charge in [-0.25, -0.2) is 9.18 Å². The van der Waals surface area contributed by atoms with Crippen LogP contribution in [0.25, 0.3) is 0 Å². The average molecular weight is 690 g/mol. The van der Waals surface area contributed by atoms with E-state index in [1.165, 1.54) is 69.8 Å². The van der Waals surface area contributed by atoms with Gasteiger partial charge in [0.2, 0.25) is 17.7 Å². The van der Waals surface area contributed by atoms with Gasteiger partial charge >= 0.3 is 10.8 Å². The molecule has 3 aromatic carbocycles. The predicted octanol–water partition coefficient (Wildman–Crippen LogP) is 5.72. The van der Waals surface area contributed by atoms with Crippen LogP contribution < -0.4 is 15.1 Å². The molecule has 0 spiro atoms. The van der Waals surface area contributed by atoms with Crippen LogP contribution in [0.3, 0.4) is 0 Å². The highest BCUT2D eigenvalue weighted by molar-refractivity contribution is 8.00. The fourth-order valence-corrected chi connectivity index (χ4v) is 11.5. The Morgan fingerprint density at radius 1 is 0.915 bits per heavy atom. The topological polar surface area (TPSA) is 126 Å². The molecule has 2 aliphatic carbocycles. The quantitative estimate of drug-likeness (QED) is 0.248. The molecule has 13 heteroatoms. The van der Waals surface area contributed by atoms with E-state index < -0.39 is 29.5 Å². The number of thiazole rings is 1. The predicted molar refractivity (Wildman–Crippen MR) is 175 cm³/mol. The Hall–Kier alpha value is -4.26. The zero-order chi connectivity index (χ0) is 32.7. The molecule has 3 heterocycles. The molecular formula is C34H25ClFN3O6S2. The van der Waals surface area contributed by atoms with Crippen LogP contribution in [0.1, 0.15) is 33.1 Å². The first kappa shape index (κ1) is 30.1. The number of carbonyl (C=O) groups excluding carboxylic acids is 3. The summed E-state index contributed by atoms with van der Waals surface area (Å²) < 4.78 is 15.2. The minimum Gasteiger partial charge on any atom is -0.478 e. The molecule has 238 valence electrons. The summed E-state index contributed by atoms with van der Waals surface area (Å²) >= 11 is 8.86. The number of carboxylic acids is 1. The molecule has 8 rings (SSSR count). The van der Waals surface area contributed by atoms with Crippen molar-refractivity contribution in [2.75, 3.05) is 10.2 Å².